The van der Waals surface area contributed by atoms with E-state index in [0.717, 1.165) is 25.8 Å². The van der Waals surface area contributed by atoms with Gasteiger partial charge < -0.3 is 9.64 Å². The predicted octanol–water partition coefficient (Wildman–Crippen LogP) is 3.65. The van der Waals surface area contributed by atoms with Crippen molar-refractivity contribution in [2.24, 2.45) is 0 Å². The lowest BCUT2D eigenvalue weighted by molar-refractivity contribution is -0.135. The van der Waals surface area contributed by atoms with Gasteiger partial charge in [0.15, 0.2) is 6.10 Å². The molecule has 0 bridgehead atoms. The highest BCUT2D eigenvalue weighted by molar-refractivity contribution is 6.32. The number of ether oxygens (including phenoxy) is 1. The van der Waals surface area contributed by atoms with Crippen molar-refractivity contribution in [2.45, 2.75) is 50.7 Å². The summed E-state index contributed by atoms with van der Waals surface area (Å²) in [6, 6.07) is 7.77. The normalized spacial score (nSPS) is 24.1. The fraction of sp³-hybridized carbons (Fsp3) is 0.562. The highest BCUT2D eigenvalue weighted by Crippen LogP contribution is 2.30. The van der Waals surface area contributed by atoms with Crippen molar-refractivity contribution in [1.82, 2.24) is 4.90 Å². The first-order valence-corrected chi connectivity index (χ1v) is 7.85. The second-order valence-corrected chi connectivity index (χ2v) is 6.06. The molecule has 2 fully saturated rings. The molecule has 1 unspecified atom stereocenters. The maximum absolute atomic E-state index is 12.5. The van der Waals surface area contributed by atoms with Gasteiger partial charge in [0.25, 0.3) is 5.91 Å². The van der Waals surface area contributed by atoms with Gasteiger partial charge in [-0.25, -0.2) is 0 Å². The minimum Gasteiger partial charge on any atom is -0.479 e. The molecule has 1 amide bonds. The zero-order chi connectivity index (χ0) is 13.9. The van der Waals surface area contributed by atoms with Crippen LogP contribution in [0.25, 0.3) is 0 Å². The Morgan fingerprint density at radius 2 is 1.85 bits per heavy atom. The van der Waals surface area contributed by atoms with Crippen molar-refractivity contribution in [2.75, 3.05) is 6.54 Å². The molecule has 1 heterocycles. The van der Waals surface area contributed by atoms with Crippen LogP contribution in [0.1, 0.15) is 38.5 Å². The third kappa shape index (κ3) is 2.78. The zero-order valence-corrected chi connectivity index (χ0v) is 12.3. The molecule has 3 rings (SSSR count). The Hall–Kier alpha value is -1.22. The summed E-state index contributed by atoms with van der Waals surface area (Å²) in [5, 5.41) is 0.566. The molecule has 2 aliphatic rings. The lowest BCUT2D eigenvalue weighted by atomic mass is 9.94. The van der Waals surface area contributed by atoms with E-state index in [1.54, 1.807) is 6.07 Å². The van der Waals surface area contributed by atoms with E-state index in [4.69, 9.17) is 16.3 Å². The van der Waals surface area contributed by atoms with Gasteiger partial charge >= 0.3 is 0 Å². The van der Waals surface area contributed by atoms with Gasteiger partial charge in [0.1, 0.15) is 5.75 Å². The Balaban J connectivity index is 1.65. The first-order valence-electron chi connectivity index (χ1n) is 7.47. The summed E-state index contributed by atoms with van der Waals surface area (Å²) in [4.78, 5) is 14.5. The monoisotopic (exact) mass is 293 g/mol. The number of likely N-dealkylation sites (tertiary alicyclic amines) is 1. The topological polar surface area (TPSA) is 29.5 Å². The fourth-order valence-electron chi connectivity index (χ4n) is 3.23. The maximum atomic E-state index is 12.5. The summed E-state index contributed by atoms with van der Waals surface area (Å²) >= 11 is 6.09. The minimum absolute atomic E-state index is 0.136. The van der Waals surface area contributed by atoms with Crippen LogP contribution in [-0.2, 0) is 4.79 Å². The maximum Gasteiger partial charge on any atom is 0.263 e. The van der Waals surface area contributed by atoms with Crippen LogP contribution in [0.5, 0.6) is 5.75 Å². The van der Waals surface area contributed by atoms with Crippen LogP contribution in [0, 0.1) is 0 Å². The third-order valence-corrected chi connectivity index (χ3v) is 4.62. The molecule has 108 valence electrons. The van der Waals surface area contributed by atoms with E-state index in [1.807, 2.05) is 23.1 Å². The number of halogens is 1. The Kier molecular flexibility index (Phi) is 4.16. The molecule has 1 atom stereocenters. The van der Waals surface area contributed by atoms with E-state index in [0.29, 0.717) is 16.8 Å². The number of carbonyl (C=O) groups excluding carboxylic acids is 1. The average molecular weight is 294 g/mol. The van der Waals surface area contributed by atoms with E-state index in [2.05, 4.69) is 0 Å². The first-order chi connectivity index (χ1) is 9.75. The molecule has 1 aliphatic carbocycles. The van der Waals surface area contributed by atoms with Gasteiger partial charge in [-0.3, -0.25) is 4.79 Å². The van der Waals surface area contributed by atoms with Crippen LogP contribution in [-0.4, -0.2) is 29.5 Å². The lowest BCUT2D eigenvalue weighted by Crippen LogP contribution is -2.40. The first kappa shape index (κ1) is 13.7. The largest absolute Gasteiger partial charge is 0.479 e. The number of rotatable bonds is 3. The van der Waals surface area contributed by atoms with Gasteiger partial charge in [-0.2, -0.15) is 0 Å². The summed E-state index contributed by atoms with van der Waals surface area (Å²) in [5.41, 5.74) is 0. The Labute approximate surface area is 124 Å². The smallest absolute Gasteiger partial charge is 0.263 e. The number of amides is 1. The minimum atomic E-state index is -0.364. The van der Waals surface area contributed by atoms with Crippen LogP contribution in [0.4, 0.5) is 0 Å². The molecule has 1 aromatic carbocycles. The molecule has 1 aromatic rings. The standard InChI is InChI=1S/C16H20ClNO2/c17-13-8-4-5-9-14(13)20-15-10-11-18(16(15)19)12-6-2-1-3-7-12/h4-5,8-9,12,15H,1-3,6-7,10-11H2. The van der Waals surface area contributed by atoms with Gasteiger partial charge in [0.2, 0.25) is 0 Å². The molecule has 1 saturated carbocycles. The quantitative estimate of drug-likeness (QED) is 0.851. The van der Waals surface area contributed by atoms with Gasteiger partial charge in [-0.1, -0.05) is 43.0 Å². The molecule has 4 heteroatoms. The molecule has 1 saturated heterocycles. The molecule has 20 heavy (non-hydrogen) atoms. The molecular formula is C16H20ClNO2. The highest BCUT2D eigenvalue weighted by atomic mass is 35.5. The number of para-hydroxylation sites is 1. The van der Waals surface area contributed by atoms with Crippen LogP contribution in [0.2, 0.25) is 5.02 Å². The van der Waals surface area contributed by atoms with Crippen molar-refractivity contribution in [1.29, 1.82) is 0 Å². The van der Waals surface area contributed by atoms with Crippen LogP contribution in [0.15, 0.2) is 24.3 Å². The van der Waals surface area contributed by atoms with E-state index in [-0.39, 0.29) is 12.0 Å². The molecule has 0 aromatic heterocycles. The van der Waals surface area contributed by atoms with Gasteiger partial charge in [-0.15, -0.1) is 0 Å². The Morgan fingerprint density at radius 3 is 2.60 bits per heavy atom. The number of hydrogen-bond donors (Lipinski definition) is 0. The number of carbonyl (C=O) groups is 1. The number of nitrogens with zero attached hydrogens (tertiary/aromatic N) is 1. The van der Waals surface area contributed by atoms with Crippen LogP contribution in [0.3, 0.4) is 0 Å². The van der Waals surface area contributed by atoms with Crippen molar-refractivity contribution in [3.05, 3.63) is 29.3 Å². The zero-order valence-electron chi connectivity index (χ0n) is 11.6. The van der Waals surface area contributed by atoms with Crippen molar-refractivity contribution in [3.8, 4) is 5.75 Å². The SMILES string of the molecule is O=C1C(Oc2ccccc2Cl)CCN1C1CCCCC1. The van der Waals surface area contributed by atoms with Crippen molar-refractivity contribution < 1.29 is 9.53 Å². The fourth-order valence-corrected chi connectivity index (χ4v) is 3.41. The van der Waals surface area contributed by atoms with E-state index >= 15 is 0 Å². The van der Waals surface area contributed by atoms with E-state index in [9.17, 15) is 4.79 Å². The molecule has 1 aliphatic heterocycles. The highest BCUT2D eigenvalue weighted by Gasteiger charge is 2.37. The van der Waals surface area contributed by atoms with Crippen LogP contribution >= 0.6 is 11.6 Å². The summed E-state index contributed by atoms with van der Waals surface area (Å²) < 4.78 is 5.82. The average Bonchev–Trinajstić information content (AvgIpc) is 2.84. The Morgan fingerprint density at radius 1 is 1.10 bits per heavy atom. The van der Waals surface area contributed by atoms with E-state index in [1.165, 1.54) is 19.3 Å². The second-order valence-electron chi connectivity index (χ2n) is 5.65. The van der Waals surface area contributed by atoms with Crippen molar-refractivity contribution in [3.63, 3.8) is 0 Å². The summed E-state index contributed by atoms with van der Waals surface area (Å²) in [7, 11) is 0. The van der Waals surface area contributed by atoms with Gasteiger partial charge in [0.05, 0.1) is 5.02 Å². The second kappa shape index (κ2) is 6.04. The van der Waals surface area contributed by atoms with Crippen LogP contribution < -0.4 is 4.74 Å². The van der Waals surface area contributed by atoms with Gasteiger partial charge in [-0.05, 0) is 25.0 Å². The lowest BCUT2D eigenvalue weighted by Gasteiger charge is -2.31. The molecular weight excluding hydrogens is 274 g/mol. The summed E-state index contributed by atoms with van der Waals surface area (Å²) in [5.74, 6) is 0.745. The van der Waals surface area contributed by atoms with Crippen molar-refractivity contribution >= 4 is 17.5 Å². The number of hydrogen-bond acceptors (Lipinski definition) is 2. The molecule has 0 radical (unpaired) electrons. The number of benzene rings is 1. The Bertz CT molecular complexity index is 485. The predicted molar refractivity (Wildman–Crippen MR) is 79.1 cm³/mol. The third-order valence-electron chi connectivity index (χ3n) is 4.31. The molecule has 0 N–H and O–H groups in total. The van der Waals surface area contributed by atoms with Gasteiger partial charge in [0, 0.05) is 19.0 Å². The summed E-state index contributed by atoms with van der Waals surface area (Å²) in [6.07, 6.45) is 6.47. The van der Waals surface area contributed by atoms with E-state index < -0.39 is 0 Å². The summed E-state index contributed by atoms with van der Waals surface area (Å²) in [6.45, 7) is 0.818. The molecule has 3 nitrogen and oxygen atoms in total. The molecule has 0 spiro atoms.